The lowest BCUT2D eigenvalue weighted by Crippen LogP contribution is -2.39. The molecule has 4 N–H and O–H groups in total. The van der Waals surface area contributed by atoms with Gasteiger partial charge in [-0.15, -0.1) is 0 Å². The van der Waals surface area contributed by atoms with Gasteiger partial charge in [-0.1, -0.05) is 0 Å². The van der Waals surface area contributed by atoms with Crippen LogP contribution in [-0.2, 0) is 19.6 Å². The van der Waals surface area contributed by atoms with E-state index >= 15 is 0 Å². The van der Waals surface area contributed by atoms with Gasteiger partial charge in [0.15, 0.2) is 0 Å². The van der Waals surface area contributed by atoms with E-state index in [1.165, 1.54) is 0 Å². The first-order valence-electron chi connectivity index (χ1n) is 6.59. The van der Waals surface area contributed by atoms with E-state index in [2.05, 4.69) is 10.0 Å². The van der Waals surface area contributed by atoms with Crippen molar-refractivity contribution in [3.05, 3.63) is 0 Å². The average Bonchev–Trinajstić information content (AvgIpc) is 2.38. The summed E-state index contributed by atoms with van der Waals surface area (Å²) in [6.07, 6.45) is 3.17. The molecule has 1 aliphatic rings. The lowest BCUT2D eigenvalue weighted by molar-refractivity contribution is -0.120. The van der Waals surface area contributed by atoms with Crippen LogP contribution < -0.4 is 15.8 Å². The fourth-order valence-corrected chi connectivity index (χ4v) is 2.76. The lowest BCUT2D eigenvalue weighted by atomic mass is 10.1. The highest BCUT2D eigenvalue weighted by atomic mass is 32.2. The number of nitrogens with one attached hydrogen (secondary N) is 2. The van der Waals surface area contributed by atoms with Crippen molar-refractivity contribution < 1.29 is 17.9 Å². The molecule has 1 amide bonds. The Morgan fingerprint density at radius 3 is 2.79 bits per heavy atom. The number of ether oxygens (including phenoxy) is 1. The van der Waals surface area contributed by atoms with Crippen molar-refractivity contribution in [1.82, 2.24) is 10.0 Å². The molecule has 8 heteroatoms. The van der Waals surface area contributed by atoms with Crippen LogP contribution in [0.25, 0.3) is 0 Å². The van der Waals surface area contributed by atoms with Gasteiger partial charge in [0.2, 0.25) is 15.9 Å². The summed E-state index contributed by atoms with van der Waals surface area (Å²) in [6.45, 7) is 1.36. The van der Waals surface area contributed by atoms with Crippen LogP contribution in [0, 0.1) is 0 Å². The number of hydrogen-bond acceptors (Lipinski definition) is 5. The van der Waals surface area contributed by atoms with Crippen LogP contribution in [0.1, 0.15) is 25.7 Å². The Labute approximate surface area is 114 Å². The van der Waals surface area contributed by atoms with Crippen LogP contribution in [0.3, 0.4) is 0 Å². The highest BCUT2D eigenvalue weighted by molar-refractivity contribution is 7.89. The molecule has 0 radical (unpaired) electrons. The molecular formula is C11H23N3O4S. The van der Waals surface area contributed by atoms with Gasteiger partial charge in [-0.05, 0) is 19.3 Å². The van der Waals surface area contributed by atoms with Gasteiger partial charge in [0.05, 0.1) is 11.9 Å². The van der Waals surface area contributed by atoms with Crippen LogP contribution in [0.2, 0.25) is 0 Å². The third kappa shape index (κ3) is 7.46. The van der Waals surface area contributed by atoms with Crippen molar-refractivity contribution in [2.75, 3.05) is 32.0 Å². The van der Waals surface area contributed by atoms with E-state index in [0.717, 1.165) is 19.3 Å². The lowest BCUT2D eigenvalue weighted by Gasteiger charge is -2.22. The van der Waals surface area contributed by atoms with Gasteiger partial charge < -0.3 is 15.8 Å². The summed E-state index contributed by atoms with van der Waals surface area (Å²) in [5.74, 6) is -0.357. The van der Waals surface area contributed by atoms with E-state index in [-0.39, 0.29) is 37.3 Å². The summed E-state index contributed by atoms with van der Waals surface area (Å²) < 4.78 is 31.3. The minimum absolute atomic E-state index is 0.0321. The van der Waals surface area contributed by atoms with Gasteiger partial charge in [-0.2, -0.15) is 0 Å². The Bertz CT molecular complexity index is 366. The molecule has 0 bridgehead atoms. The fourth-order valence-electron chi connectivity index (χ4n) is 1.80. The van der Waals surface area contributed by atoms with E-state index in [1.807, 2.05) is 0 Å². The number of carbonyl (C=O) groups excluding carboxylic acids is 1. The normalized spacial score (nSPS) is 20.2. The van der Waals surface area contributed by atoms with Crippen molar-refractivity contribution in [3.8, 4) is 0 Å². The first kappa shape index (κ1) is 16.4. The summed E-state index contributed by atoms with van der Waals surface area (Å²) in [7, 11) is -3.37. The largest absolute Gasteiger partial charge is 0.377 e. The topological polar surface area (TPSA) is 111 Å². The predicted octanol–water partition coefficient (Wildman–Crippen LogP) is -1.06. The molecule has 1 rings (SSSR count). The summed E-state index contributed by atoms with van der Waals surface area (Å²) in [4.78, 5) is 11.1. The Morgan fingerprint density at radius 2 is 2.16 bits per heavy atom. The molecule has 19 heavy (non-hydrogen) atoms. The summed E-state index contributed by atoms with van der Waals surface area (Å²) >= 11 is 0. The molecule has 0 aromatic rings. The highest BCUT2D eigenvalue weighted by Crippen LogP contribution is 2.11. The zero-order valence-corrected chi connectivity index (χ0v) is 11.9. The van der Waals surface area contributed by atoms with E-state index in [1.54, 1.807) is 0 Å². The Hall–Kier alpha value is -0.700. The van der Waals surface area contributed by atoms with Gasteiger partial charge >= 0.3 is 0 Å². The number of amides is 1. The van der Waals surface area contributed by atoms with Crippen LogP contribution >= 0.6 is 0 Å². The highest BCUT2D eigenvalue weighted by Gasteiger charge is 2.17. The molecule has 1 unspecified atom stereocenters. The zero-order chi connectivity index (χ0) is 14.1. The molecule has 0 saturated carbocycles. The molecule has 0 aromatic heterocycles. The second kappa shape index (κ2) is 8.47. The minimum atomic E-state index is -3.37. The molecule has 0 aliphatic carbocycles. The van der Waals surface area contributed by atoms with Gasteiger partial charge in [-0.3, -0.25) is 4.79 Å². The van der Waals surface area contributed by atoms with Crippen molar-refractivity contribution in [2.24, 2.45) is 5.73 Å². The van der Waals surface area contributed by atoms with E-state index in [0.29, 0.717) is 13.2 Å². The summed E-state index contributed by atoms with van der Waals surface area (Å²) in [5, 5.41) is 2.51. The van der Waals surface area contributed by atoms with Gasteiger partial charge in [0, 0.05) is 32.7 Å². The van der Waals surface area contributed by atoms with Crippen molar-refractivity contribution in [1.29, 1.82) is 0 Å². The van der Waals surface area contributed by atoms with Crippen molar-refractivity contribution in [3.63, 3.8) is 0 Å². The molecule has 1 heterocycles. The van der Waals surface area contributed by atoms with Crippen molar-refractivity contribution in [2.45, 2.75) is 31.8 Å². The number of sulfonamides is 1. The quantitative estimate of drug-likeness (QED) is 0.528. The first-order valence-corrected chi connectivity index (χ1v) is 8.24. The number of hydrogen-bond donors (Lipinski definition) is 3. The maximum Gasteiger partial charge on any atom is 0.221 e. The number of nitrogens with two attached hydrogens (primary N) is 1. The smallest absolute Gasteiger partial charge is 0.221 e. The van der Waals surface area contributed by atoms with Gasteiger partial charge in [0.1, 0.15) is 0 Å². The van der Waals surface area contributed by atoms with Crippen LogP contribution in [-0.4, -0.2) is 52.4 Å². The second-order valence-electron chi connectivity index (χ2n) is 4.54. The average molecular weight is 293 g/mol. The van der Waals surface area contributed by atoms with Crippen LogP contribution in [0.5, 0.6) is 0 Å². The van der Waals surface area contributed by atoms with E-state index < -0.39 is 10.0 Å². The molecule has 0 aromatic carbocycles. The van der Waals surface area contributed by atoms with E-state index in [4.69, 9.17) is 10.5 Å². The van der Waals surface area contributed by atoms with Crippen LogP contribution in [0.4, 0.5) is 0 Å². The molecule has 1 saturated heterocycles. The Kier molecular flexibility index (Phi) is 7.29. The third-order valence-electron chi connectivity index (χ3n) is 2.87. The molecule has 0 spiro atoms. The Morgan fingerprint density at radius 1 is 1.37 bits per heavy atom. The standard InChI is InChI=1S/C11H23N3O4S/c12-5-4-11(15)13-6-8-19(16,17)14-9-10-3-1-2-7-18-10/h10,14H,1-9,12H2,(H,13,15). The summed E-state index contributed by atoms with van der Waals surface area (Å²) in [6, 6.07) is 0. The van der Waals surface area contributed by atoms with Crippen LogP contribution in [0.15, 0.2) is 0 Å². The zero-order valence-electron chi connectivity index (χ0n) is 11.1. The molecule has 112 valence electrons. The Balaban J connectivity index is 2.18. The minimum Gasteiger partial charge on any atom is -0.377 e. The first-order chi connectivity index (χ1) is 9.03. The maximum atomic E-state index is 11.7. The predicted molar refractivity (Wildman–Crippen MR) is 72.1 cm³/mol. The monoisotopic (exact) mass is 293 g/mol. The molecule has 1 fully saturated rings. The molecule has 1 atom stereocenters. The maximum absolute atomic E-state index is 11.7. The van der Waals surface area contributed by atoms with E-state index in [9.17, 15) is 13.2 Å². The van der Waals surface area contributed by atoms with Gasteiger partial charge in [-0.25, -0.2) is 13.1 Å². The fraction of sp³-hybridized carbons (Fsp3) is 0.909. The SMILES string of the molecule is NCCC(=O)NCCS(=O)(=O)NCC1CCCCO1. The number of carbonyl (C=O) groups is 1. The molecule has 1 aliphatic heterocycles. The second-order valence-corrected chi connectivity index (χ2v) is 6.47. The van der Waals surface area contributed by atoms with Gasteiger partial charge in [0.25, 0.3) is 0 Å². The third-order valence-corrected chi connectivity index (χ3v) is 4.22. The summed E-state index contributed by atoms with van der Waals surface area (Å²) in [5.41, 5.74) is 5.21. The van der Waals surface area contributed by atoms with Crippen molar-refractivity contribution >= 4 is 15.9 Å². The molecule has 7 nitrogen and oxygen atoms in total. The molecular weight excluding hydrogens is 270 g/mol. The number of rotatable bonds is 8.